The summed E-state index contributed by atoms with van der Waals surface area (Å²) in [6.07, 6.45) is 2.13. The third kappa shape index (κ3) is 2.12. The van der Waals surface area contributed by atoms with E-state index in [1.54, 1.807) is 13.0 Å². The molecule has 2 nitrogen and oxygen atoms in total. The first-order valence-corrected chi connectivity index (χ1v) is 4.36. The van der Waals surface area contributed by atoms with Gasteiger partial charge >= 0.3 is 0 Å². The Labute approximate surface area is 82.9 Å². The van der Waals surface area contributed by atoms with Crippen molar-refractivity contribution in [3.05, 3.63) is 42.2 Å². The van der Waals surface area contributed by atoms with Gasteiger partial charge in [-0.15, -0.1) is 6.58 Å². The first-order chi connectivity index (χ1) is 6.47. The molecule has 3 N–H and O–H groups in total. The van der Waals surface area contributed by atoms with E-state index in [9.17, 15) is 4.39 Å². The largest absolute Gasteiger partial charge is 0.508 e. The Kier molecular flexibility index (Phi) is 2.91. The van der Waals surface area contributed by atoms with Crippen LogP contribution in [0.3, 0.4) is 0 Å². The van der Waals surface area contributed by atoms with E-state index in [4.69, 9.17) is 10.8 Å². The van der Waals surface area contributed by atoms with E-state index in [0.29, 0.717) is 12.0 Å². The van der Waals surface area contributed by atoms with E-state index < -0.39 is 11.4 Å². The van der Waals surface area contributed by atoms with Gasteiger partial charge in [-0.1, -0.05) is 12.1 Å². The highest BCUT2D eigenvalue weighted by Crippen LogP contribution is 2.26. The number of hydrogen-bond donors (Lipinski definition) is 2. The van der Waals surface area contributed by atoms with E-state index in [-0.39, 0.29) is 5.75 Å². The lowest BCUT2D eigenvalue weighted by Crippen LogP contribution is -2.33. The van der Waals surface area contributed by atoms with Crippen molar-refractivity contribution in [3.63, 3.8) is 0 Å². The van der Waals surface area contributed by atoms with Gasteiger partial charge in [0.25, 0.3) is 0 Å². The van der Waals surface area contributed by atoms with Crippen molar-refractivity contribution in [1.29, 1.82) is 0 Å². The number of phenolic OH excluding ortho intramolecular Hbond substituents is 1. The molecular weight excluding hydrogens is 181 g/mol. The van der Waals surface area contributed by atoms with Crippen molar-refractivity contribution in [1.82, 2.24) is 0 Å². The number of rotatable bonds is 3. The van der Waals surface area contributed by atoms with Gasteiger partial charge in [0.2, 0.25) is 0 Å². The highest BCUT2D eigenvalue weighted by molar-refractivity contribution is 5.32. The molecule has 0 aliphatic carbocycles. The standard InChI is InChI=1S/C11H14FNO/c1-3-6-11(2,13)9-5-4-8(14)7-10(9)12/h3-5,7,14H,1,6,13H2,2H3/t11-/m1/s1. The zero-order valence-corrected chi connectivity index (χ0v) is 8.13. The summed E-state index contributed by atoms with van der Waals surface area (Å²) >= 11 is 0. The lowest BCUT2D eigenvalue weighted by molar-refractivity contribution is 0.446. The van der Waals surface area contributed by atoms with Crippen LogP contribution in [0.25, 0.3) is 0 Å². The molecule has 1 rings (SSSR count). The minimum absolute atomic E-state index is 0.0966. The number of halogens is 1. The molecule has 0 saturated carbocycles. The Morgan fingerprint density at radius 3 is 2.79 bits per heavy atom. The normalized spacial score (nSPS) is 14.8. The minimum atomic E-state index is -0.778. The Hall–Kier alpha value is -1.35. The van der Waals surface area contributed by atoms with Crippen LogP contribution in [0.1, 0.15) is 18.9 Å². The number of benzene rings is 1. The Bertz CT molecular complexity index is 347. The van der Waals surface area contributed by atoms with Crippen molar-refractivity contribution in [2.45, 2.75) is 18.9 Å². The van der Waals surface area contributed by atoms with Crippen molar-refractivity contribution in [2.24, 2.45) is 5.73 Å². The van der Waals surface area contributed by atoms with Gasteiger partial charge in [-0.3, -0.25) is 0 Å². The van der Waals surface area contributed by atoms with Crippen LogP contribution in [0.4, 0.5) is 4.39 Å². The van der Waals surface area contributed by atoms with Crippen LogP contribution >= 0.6 is 0 Å². The zero-order chi connectivity index (χ0) is 10.8. The van der Waals surface area contributed by atoms with Crippen molar-refractivity contribution in [3.8, 4) is 5.75 Å². The fraction of sp³-hybridized carbons (Fsp3) is 0.273. The zero-order valence-electron chi connectivity index (χ0n) is 8.13. The molecule has 1 atom stereocenters. The van der Waals surface area contributed by atoms with Gasteiger partial charge in [-0.25, -0.2) is 4.39 Å². The van der Waals surface area contributed by atoms with Crippen molar-refractivity contribution < 1.29 is 9.50 Å². The highest BCUT2D eigenvalue weighted by atomic mass is 19.1. The number of phenols is 1. The molecule has 0 unspecified atom stereocenters. The molecule has 14 heavy (non-hydrogen) atoms. The average molecular weight is 195 g/mol. The van der Waals surface area contributed by atoms with E-state index in [1.807, 2.05) is 0 Å². The maximum absolute atomic E-state index is 13.4. The summed E-state index contributed by atoms with van der Waals surface area (Å²) in [5, 5.41) is 9.03. The topological polar surface area (TPSA) is 46.2 Å². The maximum atomic E-state index is 13.4. The van der Waals surface area contributed by atoms with Gasteiger partial charge in [0.15, 0.2) is 0 Å². The summed E-state index contributed by atoms with van der Waals surface area (Å²) in [4.78, 5) is 0. The SMILES string of the molecule is C=CC[C@@](C)(N)c1ccc(O)cc1F. The second kappa shape index (κ2) is 3.80. The Morgan fingerprint density at radius 2 is 2.29 bits per heavy atom. The van der Waals surface area contributed by atoms with E-state index >= 15 is 0 Å². The van der Waals surface area contributed by atoms with Crippen LogP contribution in [-0.2, 0) is 5.54 Å². The lowest BCUT2D eigenvalue weighted by atomic mass is 9.89. The molecule has 0 radical (unpaired) electrons. The van der Waals surface area contributed by atoms with Gasteiger partial charge in [0.05, 0.1) is 0 Å². The quantitative estimate of drug-likeness (QED) is 0.727. The fourth-order valence-corrected chi connectivity index (χ4v) is 1.38. The van der Waals surface area contributed by atoms with Crippen LogP contribution in [0, 0.1) is 5.82 Å². The number of aromatic hydroxyl groups is 1. The Balaban J connectivity index is 3.12. The molecule has 0 aliphatic heterocycles. The monoisotopic (exact) mass is 195 g/mol. The summed E-state index contributed by atoms with van der Waals surface area (Å²) in [6.45, 7) is 5.29. The van der Waals surface area contributed by atoms with Crippen LogP contribution in [0.5, 0.6) is 5.75 Å². The maximum Gasteiger partial charge on any atom is 0.131 e. The predicted octanol–water partition coefficient (Wildman–Crippen LogP) is 2.28. The lowest BCUT2D eigenvalue weighted by Gasteiger charge is -2.24. The molecule has 76 valence electrons. The molecule has 1 aromatic carbocycles. The minimum Gasteiger partial charge on any atom is -0.508 e. The molecule has 0 aromatic heterocycles. The molecule has 3 heteroatoms. The van der Waals surface area contributed by atoms with Gasteiger partial charge < -0.3 is 10.8 Å². The van der Waals surface area contributed by atoms with Gasteiger partial charge in [0, 0.05) is 17.2 Å². The summed E-state index contributed by atoms with van der Waals surface area (Å²) in [5.74, 6) is -0.586. The van der Waals surface area contributed by atoms with Crippen LogP contribution in [0.2, 0.25) is 0 Å². The van der Waals surface area contributed by atoms with Crippen molar-refractivity contribution in [2.75, 3.05) is 0 Å². The van der Waals surface area contributed by atoms with E-state index in [1.165, 1.54) is 12.1 Å². The molecule has 0 amide bonds. The summed E-state index contributed by atoms with van der Waals surface area (Å²) in [5.41, 5.74) is 5.51. The predicted molar refractivity (Wildman–Crippen MR) is 54.4 cm³/mol. The summed E-state index contributed by atoms with van der Waals surface area (Å²) in [7, 11) is 0. The van der Waals surface area contributed by atoms with Gasteiger partial charge in [-0.2, -0.15) is 0 Å². The molecule has 1 aromatic rings. The second-order valence-electron chi connectivity index (χ2n) is 3.57. The Morgan fingerprint density at radius 1 is 1.64 bits per heavy atom. The molecular formula is C11H14FNO. The van der Waals surface area contributed by atoms with E-state index in [2.05, 4.69) is 6.58 Å². The first kappa shape index (κ1) is 10.7. The second-order valence-corrected chi connectivity index (χ2v) is 3.57. The van der Waals surface area contributed by atoms with Crippen LogP contribution in [-0.4, -0.2) is 5.11 Å². The van der Waals surface area contributed by atoms with Gasteiger partial charge in [-0.05, 0) is 19.4 Å². The summed E-state index contributed by atoms with van der Waals surface area (Å²) in [6, 6.07) is 3.98. The molecule has 0 bridgehead atoms. The smallest absolute Gasteiger partial charge is 0.131 e. The molecule has 0 spiro atoms. The summed E-state index contributed by atoms with van der Waals surface area (Å²) < 4.78 is 13.4. The molecule has 0 fully saturated rings. The van der Waals surface area contributed by atoms with E-state index in [0.717, 1.165) is 6.07 Å². The van der Waals surface area contributed by atoms with Crippen molar-refractivity contribution >= 4 is 0 Å². The average Bonchev–Trinajstić information content (AvgIpc) is 2.02. The third-order valence-electron chi connectivity index (χ3n) is 2.14. The first-order valence-electron chi connectivity index (χ1n) is 4.36. The van der Waals surface area contributed by atoms with Gasteiger partial charge in [0.1, 0.15) is 11.6 Å². The number of hydrogen-bond acceptors (Lipinski definition) is 2. The molecule has 0 saturated heterocycles. The fourth-order valence-electron chi connectivity index (χ4n) is 1.38. The number of nitrogens with two attached hydrogens (primary N) is 1. The molecule has 0 aliphatic rings. The molecule has 0 heterocycles. The third-order valence-corrected chi connectivity index (χ3v) is 2.14. The van der Waals surface area contributed by atoms with Crippen LogP contribution < -0.4 is 5.73 Å². The van der Waals surface area contributed by atoms with Crippen LogP contribution in [0.15, 0.2) is 30.9 Å². The highest BCUT2D eigenvalue weighted by Gasteiger charge is 2.23.